The molecule has 18 heavy (non-hydrogen) atoms. The van der Waals surface area contributed by atoms with E-state index in [9.17, 15) is 9.59 Å². The predicted molar refractivity (Wildman–Crippen MR) is 63.4 cm³/mol. The van der Waals surface area contributed by atoms with Crippen LogP contribution in [0.1, 0.15) is 38.5 Å². The molecule has 2 aliphatic rings. The van der Waals surface area contributed by atoms with Crippen LogP contribution in [0.5, 0.6) is 0 Å². The summed E-state index contributed by atoms with van der Waals surface area (Å²) in [6.07, 6.45) is 4.63. The first-order valence-electron chi connectivity index (χ1n) is 6.56. The van der Waals surface area contributed by atoms with Gasteiger partial charge in [-0.15, -0.1) is 0 Å². The van der Waals surface area contributed by atoms with Crippen LogP contribution in [0.4, 0.5) is 0 Å². The zero-order chi connectivity index (χ0) is 13.1. The molecular formula is C13H18N2O3. The summed E-state index contributed by atoms with van der Waals surface area (Å²) in [6.45, 7) is 0. The Bertz CT molecular complexity index is 388. The molecule has 0 heterocycles. The van der Waals surface area contributed by atoms with Crippen molar-refractivity contribution in [3.63, 3.8) is 0 Å². The van der Waals surface area contributed by atoms with E-state index < -0.39 is 17.8 Å². The molecule has 98 valence electrons. The third kappa shape index (κ3) is 2.47. The fourth-order valence-electron chi connectivity index (χ4n) is 3.15. The van der Waals surface area contributed by atoms with Gasteiger partial charge in [-0.25, -0.2) is 0 Å². The first-order valence-corrected chi connectivity index (χ1v) is 6.56. The van der Waals surface area contributed by atoms with Gasteiger partial charge in [-0.3, -0.25) is 9.59 Å². The van der Waals surface area contributed by atoms with Crippen molar-refractivity contribution in [2.24, 2.45) is 17.8 Å². The van der Waals surface area contributed by atoms with E-state index in [1.807, 2.05) is 0 Å². The fraction of sp³-hybridized carbons (Fsp3) is 0.769. The maximum atomic E-state index is 12.1. The van der Waals surface area contributed by atoms with Crippen LogP contribution in [0.25, 0.3) is 0 Å². The van der Waals surface area contributed by atoms with Gasteiger partial charge in [-0.1, -0.05) is 6.42 Å². The number of carbonyl (C=O) groups is 2. The van der Waals surface area contributed by atoms with Crippen LogP contribution in [-0.2, 0) is 9.59 Å². The van der Waals surface area contributed by atoms with Crippen molar-refractivity contribution in [1.29, 1.82) is 5.26 Å². The monoisotopic (exact) mass is 250 g/mol. The number of hydrogen-bond acceptors (Lipinski definition) is 3. The smallest absolute Gasteiger partial charge is 0.307 e. The van der Waals surface area contributed by atoms with Crippen LogP contribution in [0.15, 0.2) is 0 Å². The number of nitriles is 1. The van der Waals surface area contributed by atoms with Crippen LogP contribution in [-0.4, -0.2) is 23.0 Å². The second-order valence-electron chi connectivity index (χ2n) is 5.26. The highest BCUT2D eigenvalue weighted by molar-refractivity contribution is 5.85. The van der Waals surface area contributed by atoms with Gasteiger partial charge >= 0.3 is 5.97 Å². The molecule has 0 aliphatic heterocycles. The lowest BCUT2D eigenvalue weighted by molar-refractivity contribution is -0.146. The van der Waals surface area contributed by atoms with Crippen LogP contribution in [0, 0.1) is 29.1 Å². The highest BCUT2D eigenvalue weighted by Crippen LogP contribution is 2.33. The van der Waals surface area contributed by atoms with E-state index in [-0.39, 0.29) is 17.9 Å². The number of hydrogen-bond donors (Lipinski definition) is 2. The van der Waals surface area contributed by atoms with Gasteiger partial charge in [0.2, 0.25) is 5.91 Å². The first-order chi connectivity index (χ1) is 8.63. The Hall–Kier alpha value is -1.57. The molecule has 0 aromatic heterocycles. The molecule has 4 unspecified atom stereocenters. The van der Waals surface area contributed by atoms with Gasteiger partial charge in [0, 0.05) is 6.04 Å². The lowest BCUT2D eigenvalue weighted by Crippen LogP contribution is -2.42. The highest BCUT2D eigenvalue weighted by Gasteiger charge is 2.39. The second kappa shape index (κ2) is 5.38. The number of rotatable bonds is 3. The van der Waals surface area contributed by atoms with E-state index in [4.69, 9.17) is 10.4 Å². The van der Waals surface area contributed by atoms with E-state index in [1.54, 1.807) is 0 Å². The summed E-state index contributed by atoms with van der Waals surface area (Å²) in [5, 5.41) is 20.9. The minimum atomic E-state index is -0.879. The number of aliphatic carboxylic acids is 1. The number of carboxylic acids is 1. The topological polar surface area (TPSA) is 90.2 Å². The molecule has 4 atom stereocenters. The molecule has 0 spiro atoms. The van der Waals surface area contributed by atoms with Gasteiger partial charge in [-0.05, 0) is 32.1 Å². The van der Waals surface area contributed by atoms with Crippen molar-refractivity contribution in [2.75, 3.05) is 0 Å². The molecule has 5 heteroatoms. The van der Waals surface area contributed by atoms with Crippen LogP contribution in [0.2, 0.25) is 0 Å². The second-order valence-corrected chi connectivity index (χ2v) is 5.26. The van der Waals surface area contributed by atoms with Gasteiger partial charge in [-0.2, -0.15) is 5.26 Å². The Kier molecular flexibility index (Phi) is 3.85. The largest absolute Gasteiger partial charge is 0.481 e. The van der Waals surface area contributed by atoms with E-state index in [0.29, 0.717) is 12.8 Å². The molecule has 5 nitrogen and oxygen atoms in total. The van der Waals surface area contributed by atoms with Gasteiger partial charge in [0.15, 0.2) is 0 Å². The van der Waals surface area contributed by atoms with Crippen LogP contribution in [0.3, 0.4) is 0 Å². The molecule has 2 aliphatic carbocycles. The Balaban J connectivity index is 1.95. The van der Waals surface area contributed by atoms with Gasteiger partial charge in [0.25, 0.3) is 0 Å². The summed E-state index contributed by atoms with van der Waals surface area (Å²) >= 11 is 0. The summed E-state index contributed by atoms with van der Waals surface area (Å²) in [5.41, 5.74) is 0. The predicted octanol–water partition coefficient (Wildman–Crippen LogP) is 1.30. The maximum Gasteiger partial charge on any atom is 0.307 e. The summed E-state index contributed by atoms with van der Waals surface area (Å²) in [5.74, 6) is -2.13. The minimum absolute atomic E-state index is 0.0856. The molecule has 0 saturated heterocycles. The third-order valence-corrected chi connectivity index (χ3v) is 4.18. The molecule has 0 aromatic carbocycles. The van der Waals surface area contributed by atoms with E-state index in [1.165, 1.54) is 0 Å². The molecule has 0 bridgehead atoms. The van der Waals surface area contributed by atoms with E-state index in [2.05, 4.69) is 11.4 Å². The third-order valence-electron chi connectivity index (χ3n) is 4.18. The highest BCUT2D eigenvalue weighted by atomic mass is 16.4. The molecule has 0 radical (unpaired) electrons. The van der Waals surface area contributed by atoms with Gasteiger partial charge < -0.3 is 10.4 Å². The standard InChI is InChI=1S/C13H18N2O3/c14-7-8-3-1-6-11(8)15-12(16)9-4-2-5-10(9)13(17)18/h8-11H,1-6H2,(H,15,16)(H,17,18). The molecule has 2 saturated carbocycles. The quantitative estimate of drug-likeness (QED) is 0.789. The summed E-state index contributed by atoms with van der Waals surface area (Å²) in [7, 11) is 0. The van der Waals surface area contributed by atoms with Crippen molar-refractivity contribution >= 4 is 11.9 Å². The number of carbonyl (C=O) groups excluding carboxylic acids is 1. The van der Waals surface area contributed by atoms with Crippen molar-refractivity contribution in [2.45, 2.75) is 44.6 Å². The Labute approximate surface area is 106 Å². The van der Waals surface area contributed by atoms with Crippen molar-refractivity contribution in [1.82, 2.24) is 5.32 Å². The Morgan fingerprint density at radius 3 is 2.44 bits per heavy atom. The van der Waals surface area contributed by atoms with Crippen molar-refractivity contribution in [3.05, 3.63) is 0 Å². The lowest BCUT2D eigenvalue weighted by Gasteiger charge is -2.20. The number of nitrogens with zero attached hydrogens (tertiary/aromatic N) is 1. The summed E-state index contributed by atoms with van der Waals surface area (Å²) in [4.78, 5) is 23.1. The van der Waals surface area contributed by atoms with Gasteiger partial charge in [0.05, 0.1) is 23.8 Å². The lowest BCUT2D eigenvalue weighted by atomic mass is 9.94. The van der Waals surface area contributed by atoms with Gasteiger partial charge in [0.1, 0.15) is 0 Å². The molecule has 1 amide bonds. The molecule has 2 N–H and O–H groups in total. The zero-order valence-electron chi connectivity index (χ0n) is 10.3. The SMILES string of the molecule is N#CC1CCCC1NC(=O)C1CCCC1C(=O)O. The van der Waals surface area contributed by atoms with E-state index in [0.717, 1.165) is 25.7 Å². The average Bonchev–Trinajstić information content (AvgIpc) is 2.96. The maximum absolute atomic E-state index is 12.1. The molecule has 2 fully saturated rings. The zero-order valence-corrected chi connectivity index (χ0v) is 10.3. The molecule has 2 rings (SSSR count). The molecular weight excluding hydrogens is 232 g/mol. The number of carboxylic acid groups (broad SMARTS) is 1. The van der Waals surface area contributed by atoms with Crippen molar-refractivity contribution < 1.29 is 14.7 Å². The first kappa shape index (κ1) is 12.9. The normalized spacial score (nSPS) is 35.1. The Morgan fingerprint density at radius 1 is 1.11 bits per heavy atom. The summed E-state index contributed by atoms with van der Waals surface area (Å²) < 4.78 is 0. The Morgan fingerprint density at radius 2 is 1.78 bits per heavy atom. The number of amides is 1. The van der Waals surface area contributed by atoms with Crippen molar-refractivity contribution in [3.8, 4) is 6.07 Å². The van der Waals surface area contributed by atoms with E-state index >= 15 is 0 Å². The molecule has 0 aromatic rings. The fourth-order valence-corrected chi connectivity index (χ4v) is 3.15. The van der Waals surface area contributed by atoms with Crippen LogP contribution < -0.4 is 5.32 Å². The average molecular weight is 250 g/mol. The summed E-state index contributed by atoms with van der Waals surface area (Å²) in [6, 6.07) is 2.13. The minimum Gasteiger partial charge on any atom is -0.481 e. The number of nitrogens with one attached hydrogen (secondary N) is 1. The van der Waals surface area contributed by atoms with Crippen LogP contribution >= 0.6 is 0 Å².